The molecule has 7 heteroatoms. The Hall–Kier alpha value is -2.54. The van der Waals surface area contributed by atoms with Crippen LogP contribution in [0, 0.1) is 6.92 Å². The van der Waals surface area contributed by atoms with Crippen LogP contribution < -0.4 is 9.47 Å². The van der Waals surface area contributed by atoms with E-state index in [1.54, 1.807) is 13.2 Å². The maximum Gasteiger partial charge on any atom is 0.260 e. The number of amides is 1. The third-order valence-electron chi connectivity index (χ3n) is 4.71. The minimum Gasteiger partial charge on any atom is -0.497 e. The van der Waals surface area contributed by atoms with E-state index in [4.69, 9.17) is 9.47 Å². The highest BCUT2D eigenvalue weighted by Gasteiger charge is 2.21. The first-order valence-corrected chi connectivity index (χ1v) is 8.90. The van der Waals surface area contributed by atoms with Gasteiger partial charge in [-0.3, -0.25) is 9.69 Å². The van der Waals surface area contributed by atoms with Gasteiger partial charge < -0.3 is 18.9 Å². The Morgan fingerprint density at radius 1 is 1.15 bits per heavy atom. The van der Waals surface area contributed by atoms with Crippen molar-refractivity contribution in [3.63, 3.8) is 0 Å². The fourth-order valence-corrected chi connectivity index (χ4v) is 3.04. The second kappa shape index (κ2) is 8.71. The van der Waals surface area contributed by atoms with Crippen LogP contribution in [0.3, 0.4) is 0 Å². The van der Waals surface area contributed by atoms with Crippen molar-refractivity contribution in [3.05, 3.63) is 42.5 Å². The van der Waals surface area contributed by atoms with Crippen LogP contribution in [-0.4, -0.2) is 71.7 Å². The summed E-state index contributed by atoms with van der Waals surface area (Å²) in [6.07, 6.45) is 3.83. The number of hydrogen-bond donors (Lipinski definition) is 0. The third-order valence-corrected chi connectivity index (χ3v) is 4.71. The lowest BCUT2D eigenvalue weighted by Crippen LogP contribution is -2.50. The minimum atomic E-state index is 0.0259. The largest absolute Gasteiger partial charge is 0.497 e. The first-order valence-electron chi connectivity index (χ1n) is 8.90. The highest BCUT2D eigenvalue weighted by Crippen LogP contribution is 2.18. The molecular weight excluding hydrogens is 332 g/mol. The number of piperazine rings is 1. The van der Waals surface area contributed by atoms with Gasteiger partial charge >= 0.3 is 0 Å². The molecule has 1 saturated heterocycles. The number of aromatic nitrogens is 2. The summed E-state index contributed by atoms with van der Waals surface area (Å²) >= 11 is 0. The summed E-state index contributed by atoms with van der Waals surface area (Å²) in [6, 6.07) is 7.30. The molecule has 26 heavy (non-hydrogen) atoms. The van der Waals surface area contributed by atoms with Crippen LogP contribution in [0.5, 0.6) is 11.5 Å². The number of rotatable bonds is 7. The number of benzene rings is 1. The van der Waals surface area contributed by atoms with Crippen molar-refractivity contribution in [2.45, 2.75) is 13.5 Å². The van der Waals surface area contributed by atoms with Gasteiger partial charge in [0, 0.05) is 57.7 Å². The van der Waals surface area contributed by atoms with Gasteiger partial charge in [-0.05, 0) is 19.1 Å². The molecule has 140 valence electrons. The summed E-state index contributed by atoms with van der Waals surface area (Å²) in [5.41, 5.74) is 0. The van der Waals surface area contributed by atoms with E-state index in [1.165, 1.54) is 0 Å². The molecule has 2 heterocycles. The Kier molecular flexibility index (Phi) is 6.12. The highest BCUT2D eigenvalue weighted by atomic mass is 16.5. The average Bonchev–Trinajstić information content (AvgIpc) is 3.10. The Balaban J connectivity index is 1.39. The predicted octanol–water partition coefficient (Wildman–Crippen LogP) is 1.42. The second-order valence-corrected chi connectivity index (χ2v) is 6.36. The predicted molar refractivity (Wildman–Crippen MR) is 98.5 cm³/mol. The van der Waals surface area contributed by atoms with Crippen molar-refractivity contribution in [1.29, 1.82) is 0 Å². The molecule has 2 aromatic rings. The number of aryl methyl sites for hydroxylation is 1. The Labute approximate surface area is 154 Å². The number of imidazole rings is 1. The maximum atomic E-state index is 12.4. The zero-order valence-electron chi connectivity index (χ0n) is 15.4. The zero-order valence-corrected chi connectivity index (χ0v) is 15.4. The van der Waals surface area contributed by atoms with Gasteiger partial charge in [-0.1, -0.05) is 6.07 Å². The van der Waals surface area contributed by atoms with Gasteiger partial charge in [-0.15, -0.1) is 0 Å². The SMILES string of the molecule is COc1cccc(OCC(=O)N2CCN(CCn3ccnc3C)CC2)c1. The third kappa shape index (κ3) is 4.76. The lowest BCUT2D eigenvalue weighted by molar-refractivity contribution is -0.135. The summed E-state index contributed by atoms with van der Waals surface area (Å²) in [5, 5.41) is 0. The van der Waals surface area contributed by atoms with Gasteiger partial charge in [0.15, 0.2) is 6.61 Å². The van der Waals surface area contributed by atoms with E-state index in [0.717, 1.165) is 50.8 Å². The topological polar surface area (TPSA) is 59.8 Å². The molecule has 0 aliphatic carbocycles. The number of ether oxygens (including phenoxy) is 2. The van der Waals surface area contributed by atoms with Gasteiger partial charge in [0.05, 0.1) is 7.11 Å². The molecule has 3 rings (SSSR count). The Morgan fingerprint density at radius 2 is 1.92 bits per heavy atom. The molecule has 0 bridgehead atoms. The van der Waals surface area contributed by atoms with Crippen LogP contribution in [0.2, 0.25) is 0 Å². The molecule has 1 aromatic heterocycles. The normalized spacial score (nSPS) is 15.1. The fourth-order valence-electron chi connectivity index (χ4n) is 3.04. The molecule has 1 fully saturated rings. The van der Waals surface area contributed by atoms with Crippen LogP contribution in [0.15, 0.2) is 36.7 Å². The molecule has 0 atom stereocenters. The second-order valence-electron chi connectivity index (χ2n) is 6.36. The number of carbonyl (C=O) groups is 1. The van der Waals surface area contributed by atoms with Crippen molar-refractivity contribution in [2.75, 3.05) is 46.4 Å². The van der Waals surface area contributed by atoms with Crippen molar-refractivity contribution < 1.29 is 14.3 Å². The van der Waals surface area contributed by atoms with E-state index < -0.39 is 0 Å². The minimum absolute atomic E-state index is 0.0259. The molecule has 0 N–H and O–H groups in total. The van der Waals surface area contributed by atoms with Crippen LogP contribution in [0.25, 0.3) is 0 Å². The molecule has 0 saturated carbocycles. The van der Waals surface area contributed by atoms with Crippen molar-refractivity contribution in [1.82, 2.24) is 19.4 Å². The van der Waals surface area contributed by atoms with Crippen molar-refractivity contribution >= 4 is 5.91 Å². The van der Waals surface area contributed by atoms with E-state index in [2.05, 4.69) is 14.5 Å². The zero-order chi connectivity index (χ0) is 18.4. The van der Waals surface area contributed by atoms with Gasteiger partial charge in [0.2, 0.25) is 0 Å². The summed E-state index contributed by atoms with van der Waals surface area (Å²) in [5.74, 6) is 2.43. The number of carbonyl (C=O) groups excluding carboxylic acids is 1. The molecule has 0 radical (unpaired) electrons. The van der Waals surface area contributed by atoms with E-state index in [0.29, 0.717) is 5.75 Å². The smallest absolute Gasteiger partial charge is 0.260 e. The molecule has 0 unspecified atom stereocenters. The van der Waals surface area contributed by atoms with Crippen LogP contribution in [0.1, 0.15) is 5.82 Å². The maximum absolute atomic E-state index is 12.4. The van der Waals surface area contributed by atoms with Crippen LogP contribution in [-0.2, 0) is 11.3 Å². The van der Waals surface area contributed by atoms with Crippen LogP contribution in [0.4, 0.5) is 0 Å². The lowest BCUT2D eigenvalue weighted by Gasteiger charge is -2.34. The van der Waals surface area contributed by atoms with Gasteiger partial charge in [0.1, 0.15) is 17.3 Å². The van der Waals surface area contributed by atoms with Gasteiger partial charge in [-0.2, -0.15) is 0 Å². The quantitative estimate of drug-likeness (QED) is 0.749. The summed E-state index contributed by atoms with van der Waals surface area (Å²) < 4.78 is 12.9. The van der Waals surface area contributed by atoms with Gasteiger partial charge in [-0.25, -0.2) is 4.98 Å². The van der Waals surface area contributed by atoms with E-state index in [1.807, 2.05) is 42.4 Å². The van der Waals surface area contributed by atoms with Gasteiger partial charge in [0.25, 0.3) is 5.91 Å². The van der Waals surface area contributed by atoms with Crippen molar-refractivity contribution in [2.24, 2.45) is 0 Å². The molecule has 1 aliphatic rings. The van der Waals surface area contributed by atoms with Crippen molar-refractivity contribution in [3.8, 4) is 11.5 Å². The van der Waals surface area contributed by atoms with E-state index >= 15 is 0 Å². The van der Waals surface area contributed by atoms with E-state index in [9.17, 15) is 4.79 Å². The fraction of sp³-hybridized carbons (Fsp3) is 0.474. The first kappa shape index (κ1) is 18.3. The summed E-state index contributed by atoms with van der Waals surface area (Å²) in [4.78, 5) is 20.9. The molecule has 1 aliphatic heterocycles. The Bertz CT molecular complexity index is 723. The standard InChI is InChI=1S/C19H26N4O3/c1-16-20-6-7-22(16)11-8-21-9-12-23(13-10-21)19(24)15-26-18-5-3-4-17(14-18)25-2/h3-7,14H,8-13,15H2,1-2H3. The average molecular weight is 358 g/mol. The number of nitrogens with zero attached hydrogens (tertiary/aromatic N) is 4. The number of methoxy groups -OCH3 is 1. The summed E-state index contributed by atoms with van der Waals surface area (Å²) in [6.45, 7) is 7.22. The molecule has 1 amide bonds. The first-order chi connectivity index (χ1) is 12.7. The number of hydrogen-bond acceptors (Lipinski definition) is 5. The lowest BCUT2D eigenvalue weighted by atomic mass is 10.3. The van der Waals surface area contributed by atoms with Crippen LogP contribution >= 0.6 is 0 Å². The molecule has 1 aromatic carbocycles. The van der Waals surface area contributed by atoms with E-state index in [-0.39, 0.29) is 12.5 Å². The molecular formula is C19H26N4O3. The highest BCUT2D eigenvalue weighted by molar-refractivity contribution is 5.77. The summed E-state index contributed by atoms with van der Waals surface area (Å²) in [7, 11) is 1.61. The molecule has 0 spiro atoms. The Morgan fingerprint density at radius 3 is 2.62 bits per heavy atom. The molecule has 7 nitrogen and oxygen atoms in total. The monoisotopic (exact) mass is 358 g/mol.